The Labute approximate surface area is 187 Å². The average Bonchev–Trinajstić information content (AvgIpc) is 2.99. The minimum absolute atomic E-state index is 0. The summed E-state index contributed by atoms with van der Waals surface area (Å²) in [6.07, 6.45) is 18.5. The second-order valence-electron chi connectivity index (χ2n) is 12.4. The molecule has 2 heteroatoms. The summed E-state index contributed by atoms with van der Waals surface area (Å²) in [6.45, 7) is 12.7. The van der Waals surface area contributed by atoms with E-state index >= 15 is 0 Å². The van der Waals surface area contributed by atoms with Gasteiger partial charge in [0.1, 0.15) is 0 Å². The summed E-state index contributed by atoms with van der Waals surface area (Å²) in [7, 11) is 0. The molecule has 0 aromatic rings. The number of fused-ring (bicyclic) bond motifs is 5. The van der Waals surface area contributed by atoms with Crippen molar-refractivity contribution in [1.82, 2.24) is 0 Å². The Morgan fingerprint density at radius 1 is 1.00 bits per heavy atom. The lowest BCUT2D eigenvalue weighted by atomic mass is 9.47. The Morgan fingerprint density at radius 2 is 1.76 bits per heavy atom. The first kappa shape index (κ1) is 23.6. The zero-order valence-corrected chi connectivity index (χ0v) is 20.7. The summed E-state index contributed by atoms with van der Waals surface area (Å²) in [5, 5.41) is 0. The molecule has 0 spiro atoms. The molecule has 8 atom stereocenters. The maximum atomic E-state index is 4.41. The first-order valence-corrected chi connectivity index (χ1v) is 12.8. The predicted octanol–water partition coefficient (Wildman–Crippen LogP) is 3.64. The molecule has 0 unspecified atom stereocenters. The maximum absolute atomic E-state index is 4.41. The summed E-state index contributed by atoms with van der Waals surface area (Å²) < 4.78 is 0. The van der Waals surface area contributed by atoms with Crippen LogP contribution >= 0.6 is 0 Å². The van der Waals surface area contributed by atoms with Crippen molar-refractivity contribution in [2.45, 2.75) is 111 Å². The fraction of sp³-hybridized carbons (Fsp3) is 0.926. The van der Waals surface area contributed by atoms with Gasteiger partial charge in [0.15, 0.2) is 0 Å². The van der Waals surface area contributed by atoms with Crippen LogP contribution in [0.1, 0.15) is 105 Å². The van der Waals surface area contributed by atoms with E-state index in [1.807, 2.05) is 0 Å². The zero-order valence-electron chi connectivity index (χ0n) is 20.0. The first-order chi connectivity index (χ1) is 13.3. The molecule has 3 fully saturated rings. The average molecular weight is 422 g/mol. The molecule has 0 aromatic carbocycles. The number of quaternary nitrogens is 1. The van der Waals surface area contributed by atoms with Gasteiger partial charge in [0, 0.05) is 12.8 Å². The van der Waals surface area contributed by atoms with Gasteiger partial charge in [-0.1, -0.05) is 65.5 Å². The smallest absolute Gasteiger partial charge is 0.0881 e. The van der Waals surface area contributed by atoms with E-state index in [0.717, 1.165) is 35.5 Å². The van der Waals surface area contributed by atoms with Crippen molar-refractivity contribution >= 4 is 0 Å². The number of rotatable bonds is 5. The van der Waals surface area contributed by atoms with Crippen molar-refractivity contribution in [3.63, 3.8) is 0 Å². The third kappa shape index (κ3) is 4.09. The van der Waals surface area contributed by atoms with Gasteiger partial charge in [-0.15, -0.1) is 0 Å². The van der Waals surface area contributed by atoms with Gasteiger partial charge < -0.3 is 18.1 Å². The molecule has 4 aliphatic carbocycles. The Bertz CT molecular complexity index is 597. The van der Waals surface area contributed by atoms with E-state index in [1.54, 1.807) is 5.57 Å². The molecule has 3 saturated carbocycles. The van der Waals surface area contributed by atoms with E-state index in [0.29, 0.717) is 16.9 Å². The van der Waals surface area contributed by atoms with Gasteiger partial charge in [-0.3, -0.25) is 0 Å². The molecule has 1 nitrogen and oxygen atoms in total. The van der Waals surface area contributed by atoms with Crippen molar-refractivity contribution in [3.8, 4) is 0 Å². The molecule has 29 heavy (non-hydrogen) atoms. The topological polar surface area (TPSA) is 27.6 Å². The van der Waals surface area contributed by atoms with Crippen LogP contribution in [0.3, 0.4) is 0 Å². The SMILES string of the molecule is CC(C)CCC[C@@H](C)[C@H]1CC[C@H]2[C@@H]3CC=C4C[C@@H]([NH3+])CC[C@]4(C)[C@H]3CC[C@]12C.[Cl-]. The summed E-state index contributed by atoms with van der Waals surface area (Å²) in [6, 6.07) is 0.673. The summed E-state index contributed by atoms with van der Waals surface area (Å²) in [5.41, 5.74) is 7.36. The molecule has 168 valence electrons. The van der Waals surface area contributed by atoms with E-state index in [4.69, 9.17) is 0 Å². The lowest BCUT2D eigenvalue weighted by Crippen LogP contribution is -3.00. The molecular formula is C27H48ClN. The van der Waals surface area contributed by atoms with Crippen LogP contribution in [0.4, 0.5) is 0 Å². The van der Waals surface area contributed by atoms with Crippen LogP contribution in [0.25, 0.3) is 0 Å². The molecule has 0 radical (unpaired) electrons. The Morgan fingerprint density at radius 3 is 2.48 bits per heavy atom. The second kappa shape index (κ2) is 8.85. The normalized spacial score (nSPS) is 44.9. The number of halogens is 1. The van der Waals surface area contributed by atoms with Crippen molar-refractivity contribution in [2.75, 3.05) is 0 Å². The van der Waals surface area contributed by atoms with Gasteiger partial charge in [-0.25, -0.2) is 0 Å². The number of hydrogen-bond donors (Lipinski definition) is 1. The summed E-state index contributed by atoms with van der Waals surface area (Å²) in [5.74, 6) is 5.72. The van der Waals surface area contributed by atoms with Crippen LogP contribution in [-0.4, -0.2) is 6.04 Å². The van der Waals surface area contributed by atoms with Crippen LogP contribution in [0.15, 0.2) is 11.6 Å². The summed E-state index contributed by atoms with van der Waals surface area (Å²) in [4.78, 5) is 0. The molecule has 3 N–H and O–H groups in total. The van der Waals surface area contributed by atoms with Crippen molar-refractivity contribution in [2.24, 2.45) is 46.3 Å². The third-order valence-electron chi connectivity index (χ3n) is 10.4. The molecule has 0 amide bonds. The van der Waals surface area contributed by atoms with Crippen molar-refractivity contribution in [3.05, 3.63) is 11.6 Å². The quantitative estimate of drug-likeness (QED) is 0.656. The van der Waals surface area contributed by atoms with E-state index < -0.39 is 0 Å². The molecular weight excluding hydrogens is 374 g/mol. The highest BCUT2D eigenvalue weighted by molar-refractivity contribution is 5.25. The predicted molar refractivity (Wildman–Crippen MR) is 120 cm³/mol. The highest BCUT2D eigenvalue weighted by atomic mass is 35.5. The molecule has 0 bridgehead atoms. The molecule has 4 aliphatic rings. The minimum atomic E-state index is 0. The summed E-state index contributed by atoms with van der Waals surface area (Å²) >= 11 is 0. The number of allylic oxidation sites excluding steroid dienone is 1. The Hall–Kier alpha value is -0.0100. The van der Waals surface area contributed by atoms with Gasteiger partial charge in [0.2, 0.25) is 0 Å². The van der Waals surface area contributed by atoms with Gasteiger partial charge >= 0.3 is 0 Å². The van der Waals surface area contributed by atoms with Crippen LogP contribution < -0.4 is 18.1 Å². The van der Waals surface area contributed by atoms with Crippen molar-refractivity contribution in [1.29, 1.82) is 0 Å². The van der Waals surface area contributed by atoms with E-state index in [1.165, 1.54) is 70.6 Å². The van der Waals surface area contributed by atoms with Crippen LogP contribution in [0, 0.1) is 46.3 Å². The van der Waals surface area contributed by atoms with Gasteiger partial charge in [-0.2, -0.15) is 0 Å². The zero-order chi connectivity index (χ0) is 20.1. The highest BCUT2D eigenvalue weighted by Crippen LogP contribution is 2.67. The molecule has 0 aromatic heterocycles. The second-order valence-corrected chi connectivity index (χ2v) is 12.4. The third-order valence-corrected chi connectivity index (χ3v) is 10.4. The largest absolute Gasteiger partial charge is 1.00 e. The van der Waals surface area contributed by atoms with Gasteiger partial charge in [0.05, 0.1) is 6.04 Å². The van der Waals surface area contributed by atoms with Crippen LogP contribution in [0.2, 0.25) is 0 Å². The maximum Gasteiger partial charge on any atom is 0.0881 e. The fourth-order valence-electron chi connectivity index (χ4n) is 8.76. The van der Waals surface area contributed by atoms with Gasteiger partial charge in [-0.05, 0) is 84.9 Å². The lowest BCUT2D eigenvalue weighted by Gasteiger charge is -2.58. The Kier molecular flexibility index (Phi) is 7.22. The molecule has 0 heterocycles. The van der Waals surface area contributed by atoms with E-state index in [9.17, 15) is 0 Å². The first-order valence-electron chi connectivity index (χ1n) is 12.8. The Balaban J connectivity index is 0.00000240. The standard InChI is InChI=1S/C27H47N.ClH/c1-18(2)7-6-8-19(3)23-11-12-24-22-10-9-20-17-21(28)13-15-26(20,4)25(22)14-16-27(23,24)5;/h9,18-19,21-25H,6-8,10-17,28H2,1-5H3;1H/t19-,21+,22+,23-,24+,25+,26+,27-;/m1./s1. The molecule has 0 saturated heterocycles. The highest BCUT2D eigenvalue weighted by Gasteiger charge is 2.59. The van der Waals surface area contributed by atoms with E-state index in [-0.39, 0.29) is 12.4 Å². The molecule has 0 aliphatic heterocycles. The van der Waals surface area contributed by atoms with E-state index in [2.05, 4.69) is 46.4 Å². The van der Waals surface area contributed by atoms with Gasteiger partial charge in [0.25, 0.3) is 0 Å². The monoisotopic (exact) mass is 421 g/mol. The van der Waals surface area contributed by atoms with Crippen LogP contribution in [0.5, 0.6) is 0 Å². The van der Waals surface area contributed by atoms with Crippen LogP contribution in [-0.2, 0) is 0 Å². The van der Waals surface area contributed by atoms with Crippen molar-refractivity contribution < 1.29 is 18.1 Å². The lowest BCUT2D eigenvalue weighted by molar-refractivity contribution is -0.425. The minimum Gasteiger partial charge on any atom is -1.00 e. The molecule has 4 rings (SSSR count). The fourth-order valence-corrected chi connectivity index (χ4v) is 8.76. The number of hydrogen-bond acceptors (Lipinski definition) is 0.